The molecule has 0 aliphatic heterocycles. The van der Waals surface area contributed by atoms with Crippen molar-refractivity contribution < 1.29 is 17.9 Å². The van der Waals surface area contributed by atoms with E-state index in [9.17, 15) is 13.2 Å². The summed E-state index contributed by atoms with van der Waals surface area (Å²) >= 11 is 0. The van der Waals surface area contributed by atoms with E-state index < -0.39 is 11.9 Å². The van der Waals surface area contributed by atoms with E-state index in [1.807, 2.05) is 6.92 Å². The summed E-state index contributed by atoms with van der Waals surface area (Å²) in [6.45, 7) is 3.93. The maximum atomic E-state index is 13.1. The van der Waals surface area contributed by atoms with Crippen LogP contribution in [-0.2, 0) is 24.5 Å². The van der Waals surface area contributed by atoms with Crippen molar-refractivity contribution in [2.45, 2.75) is 51.7 Å². The first-order chi connectivity index (χ1) is 12.8. The van der Waals surface area contributed by atoms with E-state index in [1.165, 1.54) is 30.8 Å². The van der Waals surface area contributed by atoms with E-state index in [4.69, 9.17) is 4.74 Å². The summed E-state index contributed by atoms with van der Waals surface area (Å²) in [5.41, 5.74) is -0.647. The summed E-state index contributed by atoms with van der Waals surface area (Å²) < 4.78 is 45.7. The number of aryl methyl sites for hydroxylation is 1. The van der Waals surface area contributed by atoms with Crippen molar-refractivity contribution in [1.29, 1.82) is 0 Å². The smallest absolute Gasteiger partial charge is 0.385 e. The maximum Gasteiger partial charge on any atom is 0.435 e. The van der Waals surface area contributed by atoms with Crippen molar-refractivity contribution in [2.75, 3.05) is 26.8 Å². The first-order valence-electron chi connectivity index (χ1n) is 9.40. The summed E-state index contributed by atoms with van der Waals surface area (Å²) in [6.07, 6.45) is 2.51. The van der Waals surface area contributed by atoms with E-state index in [0.29, 0.717) is 19.1 Å². The van der Waals surface area contributed by atoms with Crippen LogP contribution in [-0.4, -0.2) is 42.5 Å². The molecule has 1 aromatic rings. The molecule has 2 rings (SSSR count). The Kier molecular flexibility index (Phi) is 7.52. The van der Waals surface area contributed by atoms with Crippen molar-refractivity contribution >= 4 is 5.96 Å². The van der Waals surface area contributed by atoms with Crippen molar-refractivity contribution in [2.24, 2.45) is 17.5 Å². The molecular weight excluding hydrogens is 359 g/mol. The molecule has 2 N–H and O–H groups in total. The van der Waals surface area contributed by atoms with Gasteiger partial charge < -0.3 is 15.4 Å². The molecule has 0 aromatic carbocycles. The van der Waals surface area contributed by atoms with E-state index in [0.717, 1.165) is 25.8 Å². The van der Waals surface area contributed by atoms with Crippen LogP contribution in [0.25, 0.3) is 0 Å². The molecule has 1 heterocycles. The normalized spacial score (nSPS) is 17.3. The monoisotopic (exact) mass is 389 g/mol. The molecule has 0 bridgehead atoms. The highest BCUT2D eigenvalue weighted by atomic mass is 19.4. The van der Waals surface area contributed by atoms with Crippen LogP contribution in [0.15, 0.2) is 11.2 Å². The van der Waals surface area contributed by atoms with E-state index in [2.05, 4.69) is 20.7 Å². The van der Waals surface area contributed by atoms with E-state index >= 15 is 0 Å². The van der Waals surface area contributed by atoms with Gasteiger partial charge in [-0.3, -0.25) is 4.68 Å². The Bertz CT molecular complexity index is 621. The summed E-state index contributed by atoms with van der Waals surface area (Å²) in [6, 6.07) is 0. The van der Waals surface area contributed by atoms with Gasteiger partial charge in [-0.05, 0) is 31.6 Å². The van der Waals surface area contributed by atoms with Crippen molar-refractivity contribution in [3.05, 3.63) is 17.5 Å². The molecule has 0 radical (unpaired) electrons. The summed E-state index contributed by atoms with van der Waals surface area (Å²) in [7, 11) is 3.18. The number of hydrogen-bond donors (Lipinski definition) is 2. The maximum absolute atomic E-state index is 13.1. The molecule has 154 valence electrons. The minimum atomic E-state index is -4.48. The second-order valence-corrected chi connectivity index (χ2v) is 7.17. The number of halogens is 3. The van der Waals surface area contributed by atoms with Crippen molar-refractivity contribution in [3.63, 3.8) is 0 Å². The molecule has 0 saturated heterocycles. The van der Waals surface area contributed by atoms with Crippen LogP contribution in [0.3, 0.4) is 0 Å². The third-order valence-electron chi connectivity index (χ3n) is 5.06. The third kappa shape index (κ3) is 6.12. The van der Waals surface area contributed by atoms with Gasteiger partial charge in [0.05, 0.1) is 6.54 Å². The van der Waals surface area contributed by atoms with Gasteiger partial charge in [0.15, 0.2) is 11.7 Å². The van der Waals surface area contributed by atoms with Gasteiger partial charge in [0.25, 0.3) is 0 Å². The van der Waals surface area contributed by atoms with Gasteiger partial charge in [-0.2, -0.15) is 18.3 Å². The standard InChI is InChI=1S/C18H30F3N5O/c1-4-22-16(24-13-17(9-10-27-3)7-5-6-8-17)23-11-14-12-26(2)25-15(14)18(19,20)21/h12H,4-11,13H2,1-3H3,(H2,22,23,24). The number of rotatable bonds is 8. The molecule has 27 heavy (non-hydrogen) atoms. The Balaban J connectivity index is 2.06. The second-order valence-electron chi connectivity index (χ2n) is 7.17. The fourth-order valence-electron chi connectivity index (χ4n) is 3.63. The number of aliphatic imine (C=N–C) groups is 1. The number of nitrogens with zero attached hydrogens (tertiary/aromatic N) is 3. The van der Waals surface area contributed by atoms with Crippen LogP contribution in [0.4, 0.5) is 13.2 Å². The van der Waals surface area contributed by atoms with Crippen LogP contribution < -0.4 is 10.6 Å². The van der Waals surface area contributed by atoms with Gasteiger partial charge in [-0.15, -0.1) is 0 Å². The van der Waals surface area contributed by atoms with Crippen LogP contribution in [0, 0.1) is 5.41 Å². The molecule has 6 nitrogen and oxygen atoms in total. The highest BCUT2D eigenvalue weighted by Crippen LogP contribution is 2.40. The average Bonchev–Trinajstić information content (AvgIpc) is 3.22. The molecule has 1 aromatic heterocycles. The Hall–Kier alpha value is -1.77. The predicted octanol–water partition coefficient (Wildman–Crippen LogP) is 3.09. The van der Waals surface area contributed by atoms with Gasteiger partial charge >= 0.3 is 6.18 Å². The molecular formula is C18H30F3N5O. The number of aromatic nitrogens is 2. The number of nitrogens with one attached hydrogen (secondary N) is 2. The molecule has 1 fully saturated rings. The minimum Gasteiger partial charge on any atom is -0.385 e. The zero-order valence-corrected chi connectivity index (χ0v) is 16.3. The predicted molar refractivity (Wildman–Crippen MR) is 98.4 cm³/mol. The Morgan fingerprint density at radius 2 is 2.04 bits per heavy atom. The highest BCUT2D eigenvalue weighted by Gasteiger charge is 2.37. The third-order valence-corrected chi connectivity index (χ3v) is 5.06. The van der Waals surface area contributed by atoms with Gasteiger partial charge in [0.2, 0.25) is 0 Å². The lowest BCUT2D eigenvalue weighted by Gasteiger charge is -2.30. The number of hydrogen-bond acceptors (Lipinski definition) is 3. The minimum absolute atomic E-state index is 0.0668. The zero-order valence-electron chi connectivity index (χ0n) is 16.3. The lowest BCUT2D eigenvalue weighted by atomic mass is 9.83. The van der Waals surface area contributed by atoms with Gasteiger partial charge in [0, 0.05) is 45.6 Å². The van der Waals surface area contributed by atoms with Crippen LogP contribution >= 0.6 is 0 Å². The zero-order chi connectivity index (χ0) is 19.9. The number of ether oxygens (including phenoxy) is 1. The lowest BCUT2D eigenvalue weighted by Crippen LogP contribution is -2.43. The lowest BCUT2D eigenvalue weighted by molar-refractivity contribution is -0.142. The Morgan fingerprint density at radius 1 is 1.33 bits per heavy atom. The number of guanidine groups is 1. The average molecular weight is 389 g/mol. The fourth-order valence-corrected chi connectivity index (χ4v) is 3.63. The molecule has 1 saturated carbocycles. The number of methoxy groups -OCH3 is 1. The van der Waals surface area contributed by atoms with Crippen molar-refractivity contribution in [3.8, 4) is 0 Å². The van der Waals surface area contributed by atoms with Crippen LogP contribution in [0.5, 0.6) is 0 Å². The molecule has 0 amide bonds. The Morgan fingerprint density at radius 3 is 2.63 bits per heavy atom. The molecule has 0 atom stereocenters. The van der Waals surface area contributed by atoms with E-state index in [-0.39, 0.29) is 17.5 Å². The van der Waals surface area contributed by atoms with Gasteiger partial charge in [0.1, 0.15) is 0 Å². The van der Waals surface area contributed by atoms with E-state index in [1.54, 1.807) is 7.11 Å². The summed E-state index contributed by atoms with van der Waals surface area (Å²) in [4.78, 5) is 4.35. The molecule has 0 unspecified atom stereocenters. The number of alkyl halides is 3. The molecule has 1 aliphatic carbocycles. The van der Waals surface area contributed by atoms with Crippen LogP contribution in [0.1, 0.15) is 50.3 Å². The first-order valence-corrected chi connectivity index (χ1v) is 9.40. The Labute approximate surface area is 158 Å². The molecule has 9 heteroatoms. The second kappa shape index (κ2) is 9.43. The molecule has 1 aliphatic rings. The van der Waals surface area contributed by atoms with Crippen LogP contribution in [0.2, 0.25) is 0 Å². The van der Waals surface area contributed by atoms with Gasteiger partial charge in [-0.25, -0.2) is 4.99 Å². The SMILES string of the molecule is CCNC(=NCc1cn(C)nc1C(F)(F)F)NCC1(CCOC)CCCC1. The topological polar surface area (TPSA) is 63.5 Å². The summed E-state index contributed by atoms with van der Waals surface area (Å²) in [5, 5.41) is 9.96. The molecule has 0 spiro atoms. The van der Waals surface area contributed by atoms with Crippen molar-refractivity contribution in [1.82, 2.24) is 20.4 Å². The largest absolute Gasteiger partial charge is 0.435 e. The highest BCUT2D eigenvalue weighted by molar-refractivity contribution is 5.79. The first kappa shape index (κ1) is 21.5. The quantitative estimate of drug-likeness (QED) is 0.530. The summed E-state index contributed by atoms with van der Waals surface area (Å²) in [5.74, 6) is 0.526. The van der Waals surface area contributed by atoms with Gasteiger partial charge in [-0.1, -0.05) is 12.8 Å². The fraction of sp³-hybridized carbons (Fsp3) is 0.778.